The summed E-state index contributed by atoms with van der Waals surface area (Å²) in [7, 11) is 3.69. The third-order valence-corrected chi connectivity index (χ3v) is 7.44. The van der Waals surface area contributed by atoms with Crippen molar-refractivity contribution in [2.45, 2.75) is 12.5 Å². The lowest BCUT2D eigenvalue weighted by molar-refractivity contribution is 0.596. The van der Waals surface area contributed by atoms with E-state index in [-0.39, 0.29) is 5.56 Å². The van der Waals surface area contributed by atoms with Gasteiger partial charge in [0.2, 0.25) is 0 Å². The molecule has 2 heterocycles. The van der Waals surface area contributed by atoms with E-state index in [2.05, 4.69) is 11.1 Å². The average molecular weight is 503 g/mol. The van der Waals surface area contributed by atoms with Crippen molar-refractivity contribution >= 4 is 34.1 Å². The van der Waals surface area contributed by atoms with Crippen molar-refractivity contribution in [2.75, 3.05) is 0 Å². The van der Waals surface area contributed by atoms with Crippen LogP contribution in [0.5, 0.6) is 0 Å². The molecule has 5 nitrogen and oxygen atoms in total. The lowest BCUT2D eigenvalue weighted by atomic mass is 9.80. The van der Waals surface area contributed by atoms with E-state index in [0.29, 0.717) is 10.0 Å². The SMILES string of the molecule is Cc1c(Cl)cccc1-c1cc(=O)n(C)c2ccc([C@](N)(c3ccc(Cl)cc3)c3cncn3C)cc12. The van der Waals surface area contributed by atoms with Gasteiger partial charge in [-0.3, -0.25) is 4.79 Å². The number of nitrogens with zero attached hydrogens (tertiary/aromatic N) is 3. The molecule has 1 atom stereocenters. The Morgan fingerprint density at radius 3 is 2.31 bits per heavy atom. The first-order valence-electron chi connectivity index (χ1n) is 11.1. The molecule has 0 aliphatic rings. The Labute approximate surface area is 213 Å². The number of rotatable bonds is 4. The summed E-state index contributed by atoms with van der Waals surface area (Å²) in [6.45, 7) is 1.96. The predicted octanol–water partition coefficient (Wildman–Crippen LogP) is 5.80. The van der Waals surface area contributed by atoms with Crippen LogP contribution in [0, 0.1) is 6.92 Å². The van der Waals surface area contributed by atoms with Crippen LogP contribution in [0.3, 0.4) is 0 Å². The van der Waals surface area contributed by atoms with Crippen LogP contribution in [-0.4, -0.2) is 14.1 Å². The number of hydrogen-bond acceptors (Lipinski definition) is 3. The molecule has 0 unspecified atom stereocenters. The van der Waals surface area contributed by atoms with Gasteiger partial charge in [-0.1, -0.05) is 53.5 Å². The Morgan fingerprint density at radius 2 is 1.63 bits per heavy atom. The fourth-order valence-corrected chi connectivity index (χ4v) is 5.04. The van der Waals surface area contributed by atoms with Gasteiger partial charge in [-0.25, -0.2) is 4.98 Å². The van der Waals surface area contributed by atoms with Gasteiger partial charge in [-0.05, 0) is 65.1 Å². The molecule has 2 N–H and O–H groups in total. The predicted molar refractivity (Wildman–Crippen MR) is 143 cm³/mol. The molecule has 5 aromatic rings. The van der Waals surface area contributed by atoms with Crippen LogP contribution in [-0.2, 0) is 19.6 Å². The maximum absolute atomic E-state index is 12.9. The van der Waals surface area contributed by atoms with Gasteiger partial charge in [-0.15, -0.1) is 0 Å². The van der Waals surface area contributed by atoms with E-state index in [1.807, 2.05) is 73.1 Å². The highest BCUT2D eigenvalue weighted by molar-refractivity contribution is 6.31. The Kier molecular flexibility index (Phi) is 5.80. The average Bonchev–Trinajstić information content (AvgIpc) is 3.29. The number of pyridine rings is 1. The van der Waals surface area contributed by atoms with Crippen LogP contribution in [0.2, 0.25) is 10.0 Å². The zero-order valence-electron chi connectivity index (χ0n) is 19.6. The molecule has 0 radical (unpaired) electrons. The van der Waals surface area contributed by atoms with E-state index < -0.39 is 5.54 Å². The molecule has 7 heteroatoms. The minimum Gasteiger partial charge on any atom is -0.336 e. The highest BCUT2D eigenvalue weighted by atomic mass is 35.5. The number of nitrogens with two attached hydrogens (primary N) is 1. The minimum atomic E-state index is -1.01. The zero-order chi connectivity index (χ0) is 24.9. The van der Waals surface area contributed by atoms with Crippen molar-refractivity contribution in [1.29, 1.82) is 0 Å². The first-order chi connectivity index (χ1) is 16.7. The number of benzene rings is 3. The van der Waals surface area contributed by atoms with Crippen molar-refractivity contribution in [3.05, 3.63) is 122 Å². The van der Waals surface area contributed by atoms with Gasteiger partial charge in [0, 0.05) is 35.6 Å². The Morgan fingerprint density at radius 1 is 0.914 bits per heavy atom. The van der Waals surface area contributed by atoms with Crippen molar-refractivity contribution < 1.29 is 0 Å². The zero-order valence-corrected chi connectivity index (χ0v) is 21.1. The first kappa shape index (κ1) is 23.4. The van der Waals surface area contributed by atoms with Crippen LogP contribution >= 0.6 is 23.2 Å². The van der Waals surface area contributed by atoms with Gasteiger partial charge in [0.1, 0.15) is 5.54 Å². The molecule has 0 spiro atoms. The van der Waals surface area contributed by atoms with Gasteiger partial charge in [0.15, 0.2) is 0 Å². The summed E-state index contributed by atoms with van der Waals surface area (Å²) < 4.78 is 3.56. The number of hydrogen-bond donors (Lipinski definition) is 1. The molecule has 0 aliphatic carbocycles. The molecule has 0 saturated heterocycles. The van der Waals surface area contributed by atoms with Crippen LogP contribution in [0.4, 0.5) is 0 Å². The largest absolute Gasteiger partial charge is 0.336 e. The van der Waals surface area contributed by atoms with Crippen LogP contribution in [0.15, 0.2) is 84.0 Å². The van der Waals surface area contributed by atoms with E-state index in [9.17, 15) is 4.79 Å². The molecule has 0 fully saturated rings. The number of halogens is 2. The quantitative estimate of drug-likeness (QED) is 0.337. The minimum absolute atomic E-state index is 0.0945. The molecule has 2 aromatic heterocycles. The molecule has 0 aliphatic heterocycles. The van der Waals surface area contributed by atoms with Gasteiger partial charge in [0.25, 0.3) is 5.56 Å². The fraction of sp³-hybridized carbons (Fsp3) is 0.143. The van der Waals surface area contributed by atoms with Gasteiger partial charge in [-0.2, -0.15) is 0 Å². The van der Waals surface area contributed by atoms with Crippen LogP contribution in [0.25, 0.3) is 22.0 Å². The van der Waals surface area contributed by atoms with E-state index in [1.54, 1.807) is 30.2 Å². The smallest absolute Gasteiger partial charge is 0.251 e. The van der Waals surface area contributed by atoms with Crippen molar-refractivity contribution in [3.63, 3.8) is 0 Å². The lowest BCUT2D eigenvalue weighted by Crippen LogP contribution is -2.41. The van der Waals surface area contributed by atoms with Crippen molar-refractivity contribution in [2.24, 2.45) is 19.8 Å². The number of aryl methyl sites for hydroxylation is 2. The number of aromatic nitrogens is 3. The standard InChI is InChI=1S/C28H24Cl2N4O/c1-17-21(5-4-6-24(17)30)22-14-27(35)34(3)25-12-9-19(13-23(22)25)28(31,26-15-32-16-33(26)2)18-7-10-20(29)11-8-18/h4-16H,31H2,1-3H3/t28-/m1/s1. The monoisotopic (exact) mass is 502 g/mol. The van der Waals surface area contributed by atoms with E-state index in [4.69, 9.17) is 28.9 Å². The molecule has 0 bridgehead atoms. The molecule has 176 valence electrons. The Hall–Kier alpha value is -3.38. The van der Waals surface area contributed by atoms with Crippen LogP contribution in [0.1, 0.15) is 22.4 Å². The van der Waals surface area contributed by atoms with E-state index >= 15 is 0 Å². The molecule has 3 aromatic carbocycles. The Balaban J connectivity index is 1.86. The number of imidazole rings is 1. The summed E-state index contributed by atoms with van der Waals surface area (Å²) in [5.41, 5.74) is 12.1. The number of fused-ring (bicyclic) bond motifs is 1. The second-order valence-corrected chi connectivity index (χ2v) is 9.65. The summed E-state index contributed by atoms with van der Waals surface area (Å²) in [6, 6.07) is 20.9. The van der Waals surface area contributed by atoms with Gasteiger partial charge < -0.3 is 14.9 Å². The summed E-state index contributed by atoms with van der Waals surface area (Å²) in [6.07, 6.45) is 3.51. The topological polar surface area (TPSA) is 65.8 Å². The molecule has 0 saturated carbocycles. The van der Waals surface area contributed by atoms with Gasteiger partial charge >= 0.3 is 0 Å². The molecular weight excluding hydrogens is 479 g/mol. The van der Waals surface area contributed by atoms with Crippen molar-refractivity contribution in [1.82, 2.24) is 14.1 Å². The summed E-state index contributed by atoms with van der Waals surface area (Å²) in [4.78, 5) is 17.2. The summed E-state index contributed by atoms with van der Waals surface area (Å²) in [5, 5.41) is 2.19. The van der Waals surface area contributed by atoms with E-state index in [0.717, 1.165) is 44.4 Å². The fourth-order valence-electron chi connectivity index (χ4n) is 4.74. The third kappa shape index (κ3) is 3.76. The van der Waals surface area contributed by atoms with E-state index in [1.165, 1.54) is 0 Å². The maximum atomic E-state index is 12.9. The summed E-state index contributed by atoms with van der Waals surface area (Å²) >= 11 is 12.6. The van der Waals surface area contributed by atoms with Crippen LogP contribution < -0.4 is 11.3 Å². The second kappa shape index (κ2) is 8.68. The lowest BCUT2D eigenvalue weighted by Gasteiger charge is -2.32. The second-order valence-electron chi connectivity index (χ2n) is 8.80. The first-order valence-corrected chi connectivity index (χ1v) is 11.9. The third-order valence-electron chi connectivity index (χ3n) is 6.78. The molecular formula is C28H24Cl2N4O. The Bertz CT molecular complexity index is 1640. The summed E-state index contributed by atoms with van der Waals surface area (Å²) in [5.74, 6) is 0. The van der Waals surface area contributed by atoms with Crippen molar-refractivity contribution in [3.8, 4) is 11.1 Å². The molecule has 5 rings (SSSR count). The molecule has 35 heavy (non-hydrogen) atoms. The molecule has 0 amide bonds. The highest BCUT2D eigenvalue weighted by Gasteiger charge is 2.35. The maximum Gasteiger partial charge on any atom is 0.251 e. The highest BCUT2D eigenvalue weighted by Crippen LogP contribution is 2.38. The normalized spacial score (nSPS) is 13.2. The van der Waals surface area contributed by atoms with Gasteiger partial charge in [0.05, 0.1) is 23.7 Å².